The molecule has 2 aliphatic rings. The number of allylic oxidation sites excluding steroid dienone is 1. The van der Waals surface area contributed by atoms with Gasteiger partial charge in [-0.3, -0.25) is 14.8 Å². The van der Waals surface area contributed by atoms with E-state index in [-0.39, 0.29) is 11.5 Å². The second kappa shape index (κ2) is 10.2. The zero-order valence-electron chi connectivity index (χ0n) is 22.5. The number of nitrogens with two attached hydrogens (primary N) is 1. The molecule has 9 nitrogen and oxygen atoms in total. The van der Waals surface area contributed by atoms with Crippen LogP contribution in [0.5, 0.6) is 0 Å². The third-order valence-corrected chi connectivity index (χ3v) is 7.71. The van der Waals surface area contributed by atoms with Crippen molar-refractivity contribution in [1.29, 1.82) is 5.26 Å². The van der Waals surface area contributed by atoms with Crippen molar-refractivity contribution in [2.24, 2.45) is 23.7 Å². The molecule has 1 fully saturated rings. The van der Waals surface area contributed by atoms with E-state index in [0.717, 1.165) is 77.4 Å². The Kier molecular flexibility index (Phi) is 6.81. The average Bonchev–Trinajstić information content (AvgIpc) is 2.94. The summed E-state index contributed by atoms with van der Waals surface area (Å²) in [4.78, 5) is 28.6. The number of rotatable bonds is 4. The molecule has 3 aromatic rings. The molecule has 196 valence electrons. The molecule has 9 heteroatoms. The van der Waals surface area contributed by atoms with E-state index in [1.165, 1.54) is 6.20 Å². The molecule has 1 unspecified atom stereocenters. The quantitative estimate of drug-likeness (QED) is 0.535. The van der Waals surface area contributed by atoms with Crippen LogP contribution in [-0.4, -0.2) is 56.0 Å². The topological polar surface area (TPSA) is 107 Å². The molecule has 0 saturated carbocycles. The van der Waals surface area contributed by atoms with Gasteiger partial charge in [0.15, 0.2) is 0 Å². The summed E-state index contributed by atoms with van der Waals surface area (Å²) >= 11 is 0. The van der Waals surface area contributed by atoms with Crippen LogP contribution in [0.2, 0.25) is 0 Å². The molecular weight excluding hydrogens is 476 g/mol. The van der Waals surface area contributed by atoms with Gasteiger partial charge in [0.05, 0.1) is 46.5 Å². The lowest BCUT2D eigenvalue weighted by Crippen LogP contribution is -2.37. The van der Waals surface area contributed by atoms with Gasteiger partial charge in [-0.15, -0.1) is 0 Å². The maximum Gasteiger partial charge on any atom is 0.253 e. The molecule has 4 heterocycles. The van der Waals surface area contributed by atoms with Crippen LogP contribution in [0, 0.1) is 24.2 Å². The van der Waals surface area contributed by atoms with Crippen molar-refractivity contribution in [1.82, 2.24) is 9.55 Å². The summed E-state index contributed by atoms with van der Waals surface area (Å²) in [7, 11) is 5.63. The molecule has 1 saturated heterocycles. The first kappa shape index (κ1) is 25.3. The van der Waals surface area contributed by atoms with Crippen molar-refractivity contribution in [2.45, 2.75) is 19.8 Å². The Morgan fingerprint density at radius 3 is 2.71 bits per heavy atom. The lowest BCUT2D eigenvalue weighted by Gasteiger charge is -2.38. The average molecular weight is 511 g/mol. The smallest absolute Gasteiger partial charge is 0.253 e. The number of anilines is 4. The predicted molar refractivity (Wildman–Crippen MR) is 156 cm³/mol. The van der Waals surface area contributed by atoms with E-state index in [9.17, 15) is 10.1 Å². The highest BCUT2D eigenvalue weighted by molar-refractivity contribution is 6.09. The van der Waals surface area contributed by atoms with Crippen molar-refractivity contribution in [2.75, 3.05) is 55.0 Å². The molecule has 5 rings (SSSR count). The van der Waals surface area contributed by atoms with Crippen LogP contribution in [0.4, 0.5) is 22.7 Å². The molecule has 2 aromatic heterocycles. The minimum atomic E-state index is -0.00192. The minimum absolute atomic E-state index is 0.00192. The van der Waals surface area contributed by atoms with Crippen molar-refractivity contribution in [3.8, 4) is 6.07 Å². The lowest BCUT2D eigenvalue weighted by molar-refractivity contribution is 0.494. The van der Waals surface area contributed by atoms with Gasteiger partial charge in [-0.1, -0.05) is 0 Å². The fraction of sp³-hybridized carbons (Fsp3) is 0.379. The number of nitrogens with zero attached hydrogens (tertiary/aromatic N) is 7. The van der Waals surface area contributed by atoms with Crippen molar-refractivity contribution < 1.29 is 0 Å². The van der Waals surface area contributed by atoms with Crippen LogP contribution in [0.15, 0.2) is 46.4 Å². The molecule has 2 N–H and O–H groups in total. The van der Waals surface area contributed by atoms with Crippen molar-refractivity contribution in [3.63, 3.8) is 0 Å². The fourth-order valence-corrected chi connectivity index (χ4v) is 5.59. The van der Waals surface area contributed by atoms with E-state index in [0.29, 0.717) is 12.1 Å². The summed E-state index contributed by atoms with van der Waals surface area (Å²) in [6.07, 6.45) is 7.03. The molecule has 2 aliphatic heterocycles. The Balaban J connectivity index is 1.70. The van der Waals surface area contributed by atoms with Crippen LogP contribution >= 0.6 is 0 Å². The Morgan fingerprint density at radius 1 is 1.16 bits per heavy atom. The van der Waals surface area contributed by atoms with E-state index in [2.05, 4.69) is 51.0 Å². The Bertz CT molecular complexity index is 1550. The number of likely N-dealkylation sites (N-methyl/N-ethyl adjacent to an activating group) is 1. The number of benzene rings is 1. The summed E-state index contributed by atoms with van der Waals surface area (Å²) < 4.78 is 1.74. The lowest BCUT2D eigenvalue weighted by atomic mass is 9.98. The van der Waals surface area contributed by atoms with E-state index < -0.39 is 0 Å². The van der Waals surface area contributed by atoms with Gasteiger partial charge in [-0.05, 0) is 44.0 Å². The predicted octanol–water partition coefficient (Wildman–Crippen LogP) is 3.57. The number of aliphatic imine (C=N–C) groups is 1. The van der Waals surface area contributed by atoms with Crippen LogP contribution in [0.3, 0.4) is 0 Å². The zero-order valence-corrected chi connectivity index (χ0v) is 22.5. The van der Waals surface area contributed by atoms with Gasteiger partial charge < -0.3 is 25.0 Å². The van der Waals surface area contributed by atoms with Crippen molar-refractivity contribution in [3.05, 3.63) is 58.3 Å². The third kappa shape index (κ3) is 4.36. The number of nitriles is 1. The van der Waals surface area contributed by atoms with E-state index in [1.54, 1.807) is 17.8 Å². The van der Waals surface area contributed by atoms with Gasteiger partial charge in [-0.25, -0.2) is 0 Å². The van der Waals surface area contributed by atoms with Gasteiger partial charge in [0.2, 0.25) is 0 Å². The molecule has 0 spiro atoms. The van der Waals surface area contributed by atoms with Gasteiger partial charge in [0, 0.05) is 81.9 Å². The monoisotopic (exact) mass is 510 g/mol. The first-order valence-corrected chi connectivity index (χ1v) is 13.0. The van der Waals surface area contributed by atoms with Crippen LogP contribution < -0.4 is 26.0 Å². The Labute approximate surface area is 223 Å². The molecule has 38 heavy (non-hydrogen) atoms. The standard InChI is InChI=1S/C29H34N8O/c1-19-10-23-25(35(4)29(19)38)11-22(36-7-5-6-20(14-30)18-36)12-26(23)37-9-8-34(3)27-13-24(33-17-28(27)37)21(15-31)16-32-2/h10-13,15-17,20H,5-9,18,31H2,1-4H3/b21-15+,32-16?. The summed E-state index contributed by atoms with van der Waals surface area (Å²) in [6, 6.07) is 10.8. The van der Waals surface area contributed by atoms with Gasteiger partial charge in [0.25, 0.3) is 5.56 Å². The van der Waals surface area contributed by atoms with Gasteiger partial charge >= 0.3 is 0 Å². The molecule has 0 bridgehead atoms. The highest BCUT2D eigenvalue weighted by Crippen LogP contribution is 2.42. The maximum atomic E-state index is 12.9. The Hall–Kier alpha value is -4.32. The van der Waals surface area contributed by atoms with Crippen LogP contribution in [-0.2, 0) is 7.05 Å². The van der Waals surface area contributed by atoms with Gasteiger partial charge in [0.1, 0.15) is 0 Å². The third-order valence-electron chi connectivity index (χ3n) is 7.71. The zero-order chi connectivity index (χ0) is 27.0. The fourth-order valence-electron chi connectivity index (χ4n) is 5.59. The number of fused-ring (bicyclic) bond motifs is 2. The number of aromatic nitrogens is 2. The molecule has 0 amide bonds. The van der Waals surface area contributed by atoms with Crippen LogP contribution in [0.1, 0.15) is 24.1 Å². The normalized spacial score (nSPS) is 18.2. The van der Waals surface area contributed by atoms with Crippen molar-refractivity contribution >= 4 is 45.4 Å². The molecular formula is C29H34N8O. The second-order valence-electron chi connectivity index (χ2n) is 10.1. The number of hydrogen-bond donors (Lipinski definition) is 1. The molecule has 0 radical (unpaired) electrons. The first-order valence-electron chi connectivity index (χ1n) is 13.0. The number of aryl methyl sites for hydroxylation is 2. The number of piperidine rings is 1. The Morgan fingerprint density at radius 2 is 1.97 bits per heavy atom. The summed E-state index contributed by atoms with van der Waals surface area (Å²) in [5.74, 6) is 0.00757. The largest absolute Gasteiger partial charge is 0.404 e. The van der Waals surface area contributed by atoms with E-state index in [1.807, 2.05) is 26.2 Å². The SMILES string of the molecule is CN=C/C(=C\N)c1cc2c(cn1)N(c1cc(N3CCCC(C#N)C3)cc3c1cc(C)c(=O)n3C)CCN2C. The maximum absolute atomic E-state index is 12.9. The summed E-state index contributed by atoms with van der Waals surface area (Å²) in [6.45, 7) is 5.03. The van der Waals surface area contributed by atoms with E-state index in [4.69, 9.17) is 10.7 Å². The second-order valence-corrected chi connectivity index (χ2v) is 10.1. The highest BCUT2D eigenvalue weighted by atomic mass is 16.1. The molecule has 1 aromatic carbocycles. The van der Waals surface area contributed by atoms with Crippen LogP contribution in [0.25, 0.3) is 16.5 Å². The summed E-state index contributed by atoms with van der Waals surface area (Å²) in [5, 5.41) is 10.6. The van der Waals surface area contributed by atoms with Gasteiger partial charge in [-0.2, -0.15) is 5.26 Å². The first-order chi connectivity index (χ1) is 18.4. The molecule has 1 atom stereocenters. The number of hydrogen-bond acceptors (Lipinski definition) is 8. The number of pyridine rings is 2. The van der Waals surface area contributed by atoms with E-state index >= 15 is 0 Å². The minimum Gasteiger partial charge on any atom is -0.404 e. The molecule has 0 aliphatic carbocycles. The summed E-state index contributed by atoms with van der Waals surface area (Å²) in [5.41, 5.74) is 13.1. The highest BCUT2D eigenvalue weighted by Gasteiger charge is 2.27.